The van der Waals surface area contributed by atoms with Gasteiger partial charge >= 0.3 is 12.0 Å². The fourth-order valence-electron chi connectivity index (χ4n) is 2.08. The third-order valence-electron chi connectivity index (χ3n) is 2.84. The second-order valence-electron chi connectivity index (χ2n) is 3.97. The average Bonchev–Trinajstić information content (AvgIpc) is 2.17. The molecule has 1 fully saturated rings. The van der Waals surface area contributed by atoms with Crippen molar-refractivity contribution >= 4 is 12.0 Å². The van der Waals surface area contributed by atoms with Gasteiger partial charge in [0.1, 0.15) is 0 Å². The van der Waals surface area contributed by atoms with Crippen LogP contribution in [0, 0.1) is 0 Å². The molecule has 1 aliphatic rings. The highest BCUT2D eigenvalue weighted by atomic mass is 16.4. The molecular formula is C10H18N2O3. The molecule has 1 unspecified atom stereocenters. The standard InChI is InChI=1S/C10H18N2O3/c11-10(15)12-7-2-1-4-8(12)5-3-6-9(13)14/h8H,1-7H2,(H2,11,15)(H,13,14). The van der Waals surface area contributed by atoms with Crippen LogP contribution < -0.4 is 5.73 Å². The zero-order valence-corrected chi connectivity index (χ0v) is 8.82. The molecule has 1 rings (SSSR count). The summed E-state index contributed by atoms with van der Waals surface area (Å²) in [5.41, 5.74) is 5.26. The van der Waals surface area contributed by atoms with Crippen LogP contribution in [0.3, 0.4) is 0 Å². The summed E-state index contributed by atoms with van der Waals surface area (Å²) in [5, 5.41) is 8.51. The maximum Gasteiger partial charge on any atom is 0.315 e. The minimum atomic E-state index is -0.781. The number of likely N-dealkylation sites (tertiary alicyclic amines) is 1. The van der Waals surface area contributed by atoms with Crippen molar-refractivity contribution in [1.82, 2.24) is 4.90 Å². The van der Waals surface area contributed by atoms with Gasteiger partial charge in [-0.25, -0.2) is 4.79 Å². The van der Waals surface area contributed by atoms with Gasteiger partial charge in [-0.15, -0.1) is 0 Å². The topological polar surface area (TPSA) is 83.6 Å². The Labute approximate surface area is 89.2 Å². The van der Waals surface area contributed by atoms with E-state index in [1.807, 2.05) is 0 Å². The van der Waals surface area contributed by atoms with Crippen molar-refractivity contribution in [2.45, 2.75) is 44.6 Å². The fourth-order valence-corrected chi connectivity index (χ4v) is 2.08. The molecule has 0 aromatic carbocycles. The monoisotopic (exact) mass is 214 g/mol. The minimum absolute atomic E-state index is 0.149. The number of carbonyl (C=O) groups excluding carboxylic acids is 1. The molecule has 5 nitrogen and oxygen atoms in total. The normalized spacial score (nSPS) is 21.3. The van der Waals surface area contributed by atoms with Gasteiger partial charge in [0.2, 0.25) is 0 Å². The Bertz CT molecular complexity index is 243. The molecule has 86 valence electrons. The average molecular weight is 214 g/mol. The van der Waals surface area contributed by atoms with E-state index in [9.17, 15) is 9.59 Å². The first-order valence-corrected chi connectivity index (χ1v) is 5.39. The maximum absolute atomic E-state index is 11.1. The van der Waals surface area contributed by atoms with Gasteiger partial charge in [-0.05, 0) is 32.1 Å². The Morgan fingerprint density at radius 1 is 1.40 bits per heavy atom. The van der Waals surface area contributed by atoms with Gasteiger partial charge in [0.05, 0.1) is 0 Å². The van der Waals surface area contributed by atoms with Gasteiger partial charge in [0.15, 0.2) is 0 Å². The minimum Gasteiger partial charge on any atom is -0.481 e. The Morgan fingerprint density at radius 3 is 2.73 bits per heavy atom. The molecule has 0 radical (unpaired) electrons. The maximum atomic E-state index is 11.1. The van der Waals surface area contributed by atoms with Crippen LogP contribution in [0.2, 0.25) is 0 Å². The van der Waals surface area contributed by atoms with Crippen molar-refractivity contribution in [3.8, 4) is 0 Å². The number of nitrogens with zero attached hydrogens (tertiary/aromatic N) is 1. The predicted octanol–water partition coefficient (Wildman–Crippen LogP) is 1.17. The molecule has 0 spiro atoms. The number of urea groups is 1. The lowest BCUT2D eigenvalue weighted by Crippen LogP contribution is -2.46. The summed E-state index contributed by atoms with van der Waals surface area (Å²) in [5.74, 6) is -0.781. The van der Waals surface area contributed by atoms with Crippen LogP contribution in [0.5, 0.6) is 0 Å². The molecule has 1 heterocycles. The van der Waals surface area contributed by atoms with Gasteiger partial charge in [0, 0.05) is 19.0 Å². The van der Waals surface area contributed by atoms with E-state index in [1.54, 1.807) is 4.90 Å². The first-order valence-electron chi connectivity index (χ1n) is 5.39. The second kappa shape index (κ2) is 5.58. The van der Waals surface area contributed by atoms with Crippen LogP contribution in [0.4, 0.5) is 4.79 Å². The summed E-state index contributed by atoms with van der Waals surface area (Å²) in [6.07, 6.45) is 4.57. The summed E-state index contributed by atoms with van der Waals surface area (Å²) in [7, 11) is 0. The number of carbonyl (C=O) groups is 2. The second-order valence-corrected chi connectivity index (χ2v) is 3.97. The molecule has 1 atom stereocenters. The van der Waals surface area contributed by atoms with E-state index in [2.05, 4.69) is 0 Å². The summed E-state index contributed by atoms with van der Waals surface area (Å²) in [6.45, 7) is 0.715. The van der Waals surface area contributed by atoms with Gasteiger partial charge in [-0.1, -0.05) is 0 Å². The number of amides is 2. The highest BCUT2D eigenvalue weighted by molar-refractivity contribution is 5.72. The predicted molar refractivity (Wildman–Crippen MR) is 55.4 cm³/mol. The lowest BCUT2D eigenvalue weighted by atomic mass is 9.97. The number of primary amides is 1. The number of carboxylic acids is 1. The zero-order valence-electron chi connectivity index (χ0n) is 8.82. The van der Waals surface area contributed by atoms with Gasteiger partial charge in [-0.3, -0.25) is 4.79 Å². The van der Waals surface area contributed by atoms with E-state index in [0.717, 1.165) is 25.7 Å². The Hall–Kier alpha value is -1.26. The molecule has 0 saturated carbocycles. The molecule has 5 heteroatoms. The van der Waals surface area contributed by atoms with Crippen molar-refractivity contribution in [2.24, 2.45) is 5.73 Å². The van der Waals surface area contributed by atoms with Crippen LogP contribution in [0.15, 0.2) is 0 Å². The van der Waals surface area contributed by atoms with E-state index in [4.69, 9.17) is 10.8 Å². The van der Waals surface area contributed by atoms with Crippen LogP contribution in [-0.4, -0.2) is 34.6 Å². The van der Waals surface area contributed by atoms with E-state index in [1.165, 1.54) is 0 Å². The molecule has 1 aliphatic heterocycles. The SMILES string of the molecule is NC(=O)N1CCCCC1CCCC(=O)O. The summed E-state index contributed by atoms with van der Waals surface area (Å²) >= 11 is 0. The highest BCUT2D eigenvalue weighted by Crippen LogP contribution is 2.20. The van der Waals surface area contributed by atoms with Crippen molar-refractivity contribution in [3.05, 3.63) is 0 Å². The molecule has 0 aromatic rings. The quantitative estimate of drug-likeness (QED) is 0.736. The van der Waals surface area contributed by atoms with E-state index in [0.29, 0.717) is 13.0 Å². The zero-order chi connectivity index (χ0) is 11.3. The lowest BCUT2D eigenvalue weighted by Gasteiger charge is -2.34. The number of nitrogens with two attached hydrogens (primary N) is 1. The summed E-state index contributed by atoms with van der Waals surface area (Å²) in [6, 6.07) is -0.231. The highest BCUT2D eigenvalue weighted by Gasteiger charge is 2.24. The summed E-state index contributed by atoms with van der Waals surface area (Å²) < 4.78 is 0. The lowest BCUT2D eigenvalue weighted by molar-refractivity contribution is -0.137. The van der Waals surface area contributed by atoms with Crippen molar-refractivity contribution in [1.29, 1.82) is 0 Å². The molecule has 1 saturated heterocycles. The smallest absolute Gasteiger partial charge is 0.315 e. The van der Waals surface area contributed by atoms with Crippen LogP contribution in [0.25, 0.3) is 0 Å². The Kier molecular flexibility index (Phi) is 4.39. The third-order valence-corrected chi connectivity index (χ3v) is 2.84. The van der Waals surface area contributed by atoms with Gasteiger partial charge < -0.3 is 15.7 Å². The van der Waals surface area contributed by atoms with Crippen molar-refractivity contribution in [2.75, 3.05) is 6.54 Å². The molecular weight excluding hydrogens is 196 g/mol. The number of carboxylic acid groups (broad SMARTS) is 1. The molecule has 0 bridgehead atoms. The first kappa shape index (κ1) is 11.8. The van der Waals surface area contributed by atoms with Crippen molar-refractivity contribution in [3.63, 3.8) is 0 Å². The Morgan fingerprint density at radius 2 is 2.13 bits per heavy atom. The van der Waals surface area contributed by atoms with Crippen LogP contribution in [0.1, 0.15) is 38.5 Å². The fraction of sp³-hybridized carbons (Fsp3) is 0.800. The van der Waals surface area contributed by atoms with Gasteiger partial charge in [0.25, 0.3) is 0 Å². The van der Waals surface area contributed by atoms with E-state index < -0.39 is 5.97 Å². The van der Waals surface area contributed by atoms with Gasteiger partial charge in [-0.2, -0.15) is 0 Å². The van der Waals surface area contributed by atoms with E-state index >= 15 is 0 Å². The molecule has 15 heavy (non-hydrogen) atoms. The van der Waals surface area contributed by atoms with Crippen molar-refractivity contribution < 1.29 is 14.7 Å². The van der Waals surface area contributed by atoms with Crippen LogP contribution >= 0.6 is 0 Å². The Balaban J connectivity index is 2.36. The molecule has 0 aromatic heterocycles. The number of aliphatic carboxylic acids is 1. The van der Waals surface area contributed by atoms with Crippen LogP contribution in [-0.2, 0) is 4.79 Å². The number of hydrogen-bond acceptors (Lipinski definition) is 2. The molecule has 2 amide bonds. The molecule has 3 N–H and O–H groups in total. The first-order chi connectivity index (χ1) is 7.11. The molecule has 0 aliphatic carbocycles. The number of piperidine rings is 1. The largest absolute Gasteiger partial charge is 0.481 e. The third kappa shape index (κ3) is 3.77. The van der Waals surface area contributed by atoms with E-state index in [-0.39, 0.29) is 18.5 Å². The number of hydrogen-bond donors (Lipinski definition) is 2. The number of rotatable bonds is 4. The summed E-state index contributed by atoms with van der Waals surface area (Å²) in [4.78, 5) is 23.1.